The zero-order valence-electron chi connectivity index (χ0n) is 24.5. The van der Waals surface area contributed by atoms with Gasteiger partial charge in [-0.1, -0.05) is 62.8 Å². The smallest absolute Gasteiger partial charge is 0.255 e. The van der Waals surface area contributed by atoms with Gasteiger partial charge in [0.25, 0.3) is 11.8 Å². The number of nitrogens with zero attached hydrogens (tertiary/aromatic N) is 2. The molecule has 0 atom stereocenters. The van der Waals surface area contributed by atoms with Gasteiger partial charge in [-0.2, -0.15) is 0 Å². The average molecular weight is 561 g/mol. The Morgan fingerprint density at radius 3 is 1.37 bits per heavy atom. The van der Waals surface area contributed by atoms with E-state index < -0.39 is 0 Å². The van der Waals surface area contributed by atoms with Crippen LogP contribution in [-0.2, 0) is 9.59 Å². The Labute approximate surface area is 243 Å². The minimum absolute atomic E-state index is 0.0884. The van der Waals surface area contributed by atoms with Crippen LogP contribution in [0.4, 0.5) is 11.4 Å². The van der Waals surface area contributed by atoms with Crippen LogP contribution in [0.2, 0.25) is 0 Å². The monoisotopic (exact) mass is 560 g/mol. The minimum Gasteiger partial charge on any atom is -0.339 e. The number of anilines is 2. The van der Waals surface area contributed by atoms with Gasteiger partial charge in [-0.25, -0.2) is 0 Å². The van der Waals surface area contributed by atoms with Gasteiger partial charge in [0.05, 0.1) is 22.5 Å². The summed E-state index contributed by atoms with van der Waals surface area (Å²) in [6, 6.07) is 14.6. The second-order valence-electron chi connectivity index (χ2n) is 11.5. The third-order valence-corrected chi connectivity index (χ3v) is 8.56. The Morgan fingerprint density at radius 1 is 0.610 bits per heavy atom. The molecular formula is C33H44N4O4. The average Bonchev–Trinajstić information content (AvgIpc) is 3.01. The molecule has 0 unspecified atom stereocenters. The molecule has 2 saturated carbocycles. The molecule has 8 nitrogen and oxygen atoms in total. The first kappa shape index (κ1) is 30.3. The summed E-state index contributed by atoms with van der Waals surface area (Å²) in [6.07, 6.45) is 11.6. The quantitative estimate of drug-likeness (QED) is 0.359. The largest absolute Gasteiger partial charge is 0.339 e. The van der Waals surface area contributed by atoms with E-state index in [0.29, 0.717) is 28.9 Å². The van der Waals surface area contributed by atoms with Crippen molar-refractivity contribution in [2.75, 3.05) is 24.7 Å². The van der Waals surface area contributed by atoms with Crippen LogP contribution in [0.1, 0.15) is 104 Å². The van der Waals surface area contributed by atoms with E-state index in [1.54, 1.807) is 48.5 Å². The summed E-state index contributed by atoms with van der Waals surface area (Å²) in [6.45, 7) is 0. The third kappa shape index (κ3) is 8.18. The van der Waals surface area contributed by atoms with Gasteiger partial charge in [-0.3, -0.25) is 19.2 Å². The number of carbonyl (C=O) groups excluding carboxylic acids is 4. The minimum atomic E-state index is -0.247. The first-order chi connectivity index (χ1) is 19.8. The van der Waals surface area contributed by atoms with Crippen LogP contribution in [0.15, 0.2) is 48.5 Å². The van der Waals surface area contributed by atoms with E-state index in [2.05, 4.69) is 10.6 Å². The Morgan fingerprint density at radius 2 is 0.976 bits per heavy atom. The highest BCUT2D eigenvalue weighted by Gasteiger charge is 2.26. The van der Waals surface area contributed by atoms with Crippen LogP contribution in [0.5, 0.6) is 0 Å². The molecule has 0 aliphatic heterocycles. The van der Waals surface area contributed by atoms with Crippen LogP contribution in [0.3, 0.4) is 0 Å². The summed E-state index contributed by atoms with van der Waals surface area (Å²) >= 11 is 0. The van der Waals surface area contributed by atoms with Gasteiger partial charge in [0.2, 0.25) is 11.8 Å². The normalized spacial score (nSPS) is 16.0. The molecule has 2 fully saturated rings. The second-order valence-corrected chi connectivity index (χ2v) is 11.5. The molecule has 41 heavy (non-hydrogen) atoms. The van der Waals surface area contributed by atoms with Crippen molar-refractivity contribution in [3.05, 3.63) is 59.7 Å². The van der Waals surface area contributed by atoms with Crippen molar-refractivity contribution in [2.45, 2.75) is 95.6 Å². The lowest BCUT2D eigenvalue weighted by Gasteiger charge is -2.31. The third-order valence-electron chi connectivity index (χ3n) is 8.56. The molecule has 2 aromatic rings. The van der Waals surface area contributed by atoms with Crippen molar-refractivity contribution in [1.82, 2.24) is 9.80 Å². The van der Waals surface area contributed by atoms with E-state index in [0.717, 1.165) is 51.4 Å². The highest BCUT2D eigenvalue weighted by atomic mass is 16.2. The van der Waals surface area contributed by atoms with Gasteiger partial charge in [-0.05, 0) is 56.4 Å². The van der Waals surface area contributed by atoms with E-state index in [9.17, 15) is 19.2 Å². The predicted octanol–water partition coefficient (Wildman–Crippen LogP) is 6.24. The molecule has 220 valence electrons. The van der Waals surface area contributed by atoms with Crippen molar-refractivity contribution in [2.24, 2.45) is 0 Å². The number of hydrogen-bond acceptors (Lipinski definition) is 4. The summed E-state index contributed by atoms with van der Waals surface area (Å²) < 4.78 is 0. The molecule has 0 bridgehead atoms. The molecule has 8 heteroatoms. The van der Waals surface area contributed by atoms with E-state index in [4.69, 9.17) is 0 Å². The summed E-state index contributed by atoms with van der Waals surface area (Å²) in [7, 11) is 3.69. The van der Waals surface area contributed by atoms with Crippen LogP contribution in [0.25, 0.3) is 0 Å². The molecule has 0 saturated heterocycles. The zero-order chi connectivity index (χ0) is 29.2. The highest BCUT2D eigenvalue weighted by molar-refractivity contribution is 6.05. The van der Waals surface area contributed by atoms with E-state index in [1.807, 2.05) is 23.9 Å². The topological polar surface area (TPSA) is 98.8 Å². The first-order valence-electron chi connectivity index (χ1n) is 15.2. The van der Waals surface area contributed by atoms with Gasteiger partial charge in [0.15, 0.2) is 0 Å². The van der Waals surface area contributed by atoms with Crippen LogP contribution >= 0.6 is 0 Å². The maximum atomic E-state index is 13.2. The van der Waals surface area contributed by atoms with Crippen LogP contribution < -0.4 is 10.6 Å². The van der Waals surface area contributed by atoms with Gasteiger partial charge >= 0.3 is 0 Å². The molecule has 4 amide bonds. The van der Waals surface area contributed by atoms with Crippen molar-refractivity contribution in [3.63, 3.8) is 0 Å². The zero-order valence-corrected chi connectivity index (χ0v) is 24.5. The molecule has 2 aliphatic carbocycles. The fraction of sp³-hybridized carbons (Fsp3) is 0.515. The number of benzene rings is 2. The fourth-order valence-electron chi connectivity index (χ4n) is 6.04. The lowest BCUT2D eigenvalue weighted by molar-refractivity contribution is -0.117. The maximum absolute atomic E-state index is 13.2. The van der Waals surface area contributed by atoms with Gasteiger partial charge < -0.3 is 20.4 Å². The molecule has 0 spiro atoms. The van der Waals surface area contributed by atoms with Gasteiger partial charge in [-0.15, -0.1) is 0 Å². The number of nitrogens with one attached hydrogen (secondary N) is 2. The molecule has 2 aliphatic rings. The van der Waals surface area contributed by atoms with E-state index in [-0.39, 0.29) is 48.6 Å². The fourth-order valence-corrected chi connectivity index (χ4v) is 6.04. The van der Waals surface area contributed by atoms with E-state index in [1.165, 1.54) is 12.8 Å². The summed E-state index contributed by atoms with van der Waals surface area (Å²) in [5.74, 6) is -0.671. The summed E-state index contributed by atoms with van der Waals surface area (Å²) in [5, 5.41) is 5.74. The highest BCUT2D eigenvalue weighted by Crippen LogP contribution is 2.26. The first-order valence-corrected chi connectivity index (χ1v) is 15.2. The van der Waals surface area contributed by atoms with Crippen LogP contribution in [0, 0.1) is 0 Å². The number of amides is 4. The Bertz CT molecular complexity index is 1120. The maximum Gasteiger partial charge on any atom is 0.255 e. The van der Waals surface area contributed by atoms with Gasteiger partial charge in [0, 0.05) is 39.0 Å². The van der Waals surface area contributed by atoms with E-state index >= 15 is 0 Å². The Balaban J connectivity index is 1.28. The van der Waals surface area contributed by atoms with Crippen LogP contribution in [-0.4, -0.2) is 59.6 Å². The van der Waals surface area contributed by atoms with Crippen molar-refractivity contribution < 1.29 is 19.2 Å². The molecule has 0 aromatic heterocycles. The summed E-state index contributed by atoms with van der Waals surface area (Å²) in [4.78, 5) is 55.6. The Kier molecular flexibility index (Phi) is 10.9. The number of carbonyl (C=O) groups is 4. The number of hydrogen-bond donors (Lipinski definition) is 2. The van der Waals surface area contributed by atoms with Crippen molar-refractivity contribution >= 4 is 35.0 Å². The number of para-hydroxylation sites is 2. The molecule has 0 heterocycles. The van der Waals surface area contributed by atoms with Crippen molar-refractivity contribution in [1.29, 1.82) is 0 Å². The lowest BCUT2D eigenvalue weighted by atomic mass is 9.94. The predicted molar refractivity (Wildman–Crippen MR) is 162 cm³/mol. The second kappa shape index (κ2) is 14.8. The molecule has 0 radical (unpaired) electrons. The standard InChI is InChI=1S/C33H44N4O4/c1-36(24-14-5-3-6-15-24)32(40)26-18-9-11-20-28(26)34-30(38)22-13-23-31(39)35-29-21-12-10-19-27(29)33(41)37(2)25-16-7-4-8-17-25/h9-12,18-21,24-25H,3-8,13-17,22-23H2,1-2H3,(H,34,38)(H,35,39). The summed E-state index contributed by atoms with van der Waals surface area (Å²) in [5.41, 5.74) is 1.94. The SMILES string of the molecule is CN(C(=O)c1ccccc1NC(=O)CCCC(=O)Nc1ccccc1C(=O)N(C)C1CCCCC1)C1CCCCC1. The molecule has 2 aromatic carbocycles. The van der Waals surface area contributed by atoms with Crippen molar-refractivity contribution in [3.8, 4) is 0 Å². The molecular weight excluding hydrogens is 516 g/mol. The lowest BCUT2D eigenvalue weighted by Crippen LogP contribution is -2.38. The Hall–Kier alpha value is -3.68. The van der Waals surface area contributed by atoms with Gasteiger partial charge in [0.1, 0.15) is 0 Å². The molecule has 4 rings (SSSR count). The molecule has 2 N–H and O–H groups in total. The number of rotatable bonds is 10.